The van der Waals surface area contributed by atoms with Gasteiger partial charge in [0.1, 0.15) is 0 Å². The summed E-state index contributed by atoms with van der Waals surface area (Å²) in [6.45, 7) is 0. The van der Waals surface area contributed by atoms with Crippen molar-refractivity contribution in [1.29, 1.82) is 0 Å². The summed E-state index contributed by atoms with van der Waals surface area (Å²) in [6.07, 6.45) is 0. The molecule has 0 fully saturated rings. The van der Waals surface area contributed by atoms with Gasteiger partial charge >= 0.3 is 159 Å². The Kier molecular flexibility index (Phi) is 190. The molecule has 12 heavy (non-hydrogen) atoms. The van der Waals surface area contributed by atoms with Gasteiger partial charge in [-0.15, -0.1) is 0 Å². The van der Waals surface area contributed by atoms with Crippen LogP contribution in [0.2, 0.25) is 0 Å². The Hall–Kier alpha value is 3.40. The van der Waals surface area contributed by atoms with Crippen LogP contribution < -0.4 is 101 Å². The molecular weight excluding hydrogens is 246 g/mol. The zero-order valence-electron chi connectivity index (χ0n) is 7.18. The van der Waals surface area contributed by atoms with Crippen LogP contribution in [-0.4, -0.2) is 46.5 Å². The topological polar surface area (TPSA) is 120 Å². The first kappa shape index (κ1) is 36.1. The summed E-state index contributed by atoms with van der Waals surface area (Å²) >= 11 is -5.25. The van der Waals surface area contributed by atoms with E-state index in [2.05, 4.69) is 0 Å². The van der Waals surface area contributed by atoms with Gasteiger partial charge in [0.05, 0.1) is 0 Å². The van der Waals surface area contributed by atoms with Crippen LogP contribution in [0.25, 0.3) is 0 Å². The molecule has 0 aliphatic carbocycles. The molecule has 0 heterocycles. The van der Waals surface area contributed by atoms with Crippen LogP contribution in [0, 0.1) is 0 Å². The van der Waals surface area contributed by atoms with Crippen LogP contribution in [-0.2, 0) is 11.4 Å². The average molecular weight is 246 g/mol. The molecule has 0 aliphatic heterocycles. The van der Waals surface area contributed by atoms with Gasteiger partial charge in [-0.25, -0.2) is 0 Å². The fourth-order valence-corrected chi connectivity index (χ4v) is 0. The van der Waals surface area contributed by atoms with E-state index in [1.165, 1.54) is 0 Å². The molecule has 0 rings (SSSR count). The van der Waals surface area contributed by atoms with Crippen molar-refractivity contribution < 1.29 is 113 Å². The van der Waals surface area contributed by atoms with Gasteiger partial charge in [-0.2, -0.15) is 0 Å². The first-order valence-corrected chi connectivity index (χ1v) is 4.24. The molecule has 0 aromatic heterocycles. The Morgan fingerprint density at radius 3 is 0.583 bits per heavy atom. The Labute approximate surface area is 156 Å². The van der Waals surface area contributed by atoms with Crippen molar-refractivity contribution in [1.82, 2.24) is 0 Å². The van der Waals surface area contributed by atoms with Gasteiger partial charge in [0.15, 0.2) is 0 Å². The zero-order chi connectivity index (χ0) is 8.12. The molecule has 0 aliphatic rings. The second-order valence-electron chi connectivity index (χ2n) is 0.289. The summed E-state index contributed by atoms with van der Waals surface area (Å²) in [5.41, 5.74) is 0. The Bertz CT molecular complexity index is 54.8. The third kappa shape index (κ3) is 178. The quantitative estimate of drug-likeness (QED) is 0.391. The minimum atomic E-state index is -1.75. The second-order valence-corrected chi connectivity index (χ2v) is 0.866. The van der Waals surface area contributed by atoms with Crippen LogP contribution in [0.3, 0.4) is 0 Å². The number of rotatable bonds is 0. The third-order valence-corrected chi connectivity index (χ3v) is 0. The van der Waals surface area contributed by atoms with E-state index in [4.69, 9.17) is 23.9 Å². The molecule has 0 amide bonds. The van der Waals surface area contributed by atoms with Crippen molar-refractivity contribution in [2.75, 3.05) is 0 Å². The fourth-order valence-electron chi connectivity index (χ4n) is 0. The van der Waals surface area contributed by atoms with Gasteiger partial charge in [0.25, 0.3) is 0 Å². The van der Waals surface area contributed by atoms with Crippen molar-refractivity contribution in [3.63, 3.8) is 0 Å². The summed E-state index contributed by atoms with van der Waals surface area (Å²) in [5.74, 6) is 0. The molecule has 0 N–H and O–H groups in total. The summed E-state index contributed by atoms with van der Waals surface area (Å²) < 4.78 is 50.8. The summed E-state index contributed by atoms with van der Waals surface area (Å²) in [7, 11) is 0. The molecule has 0 aromatic carbocycles. The van der Waals surface area contributed by atoms with E-state index in [1.54, 1.807) is 0 Å². The van der Waals surface area contributed by atoms with Crippen LogP contribution in [0.1, 0.15) is 0 Å². The number of hydrogen-bond donors (Lipinski definition) is 0. The number of hydrogen-bond acceptors (Lipinski definition) is 6. The van der Waals surface area contributed by atoms with Gasteiger partial charge < -0.3 is 0 Å². The van der Waals surface area contributed by atoms with Gasteiger partial charge in [0, 0.05) is 0 Å². The normalized spacial score (nSPS) is 2.00. The fraction of sp³-hybridized carbons (Fsp3) is 0. The van der Waals surface area contributed by atoms with Crippen molar-refractivity contribution in [3.05, 3.63) is 0 Å². The molecule has 0 spiro atoms. The maximum absolute atomic E-state index is 8.46. The van der Waals surface area contributed by atoms with Gasteiger partial charge in [0.2, 0.25) is 0 Å². The van der Waals surface area contributed by atoms with Crippen molar-refractivity contribution >= 4 is 46.5 Å². The SMILES string of the molecule is [Na+].[Na+].[Na+].[O]=[Al][O-].[O]=[Al][O-].[O]=[Al][O-]. The summed E-state index contributed by atoms with van der Waals surface area (Å²) in [6, 6.07) is 0. The Morgan fingerprint density at radius 2 is 0.583 bits per heavy atom. The molecule has 0 atom stereocenters. The first-order valence-electron chi connectivity index (χ1n) is 1.41. The van der Waals surface area contributed by atoms with E-state index >= 15 is 0 Å². The molecule has 0 saturated heterocycles. The molecule has 0 bridgehead atoms. The predicted molar refractivity (Wildman–Crippen MR) is 19.3 cm³/mol. The van der Waals surface area contributed by atoms with Crippen molar-refractivity contribution in [2.24, 2.45) is 0 Å². The Morgan fingerprint density at radius 1 is 0.583 bits per heavy atom. The van der Waals surface area contributed by atoms with Crippen molar-refractivity contribution in [2.45, 2.75) is 0 Å². The molecule has 0 radical (unpaired) electrons. The standard InChI is InChI=1S/3Al.3Na.6O/q;;;3*+1;;;;3*-1. The Balaban J connectivity index is -0.00000001000. The predicted octanol–water partition coefficient (Wildman–Crippen LogP) is -14.1. The van der Waals surface area contributed by atoms with E-state index in [0.29, 0.717) is 0 Å². The van der Waals surface area contributed by atoms with E-state index in [9.17, 15) is 0 Å². The van der Waals surface area contributed by atoms with Crippen molar-refractivity contribution in [3.8, 4) is 0 Å². The molecular formula is Al3Na3O6. The summed E-state index contributed by atoms with van der Waals surface area (Å²) in [5, 5.41) is 0. The molecule has 0 unspecified atom stereocenters. The molecule has 0 saturated carbocycles. The molecule has 48 valence electrons. The van der Waals surface area contributed by atoms with E-state index in [-0.39, 0.29) is 88.7 Å². The van der Waals surface area contributed by atoms with E-state index < -0.39 is 46.5 Å². The van der Waals surface area contributed by atoms with E-state index in [0.717, 1.165) is 0 Å². The van der Waals surface area contributed by atoms with Crippen LogP contribution in [0.5, 0.6) is 0 Å². The van der Waals surface area contributed by atoms with Crippen LogP contribution >= 0.6 is 0 Å². The molecule has 12 heteroatoms. The van der Waals surface area contributed by atoms with Crippen LogP contribution in [0.4, 0.5) is 0 Å². The second kappa shape index (κ2) is 63.1. The zero-order valence-corrected chi connectivity index (χ0v) is 16.6. The monoisotopic (exact) mass is 246 g/mol. The molecule has 6 nitrogen and oxygen atoms in total. The first-order chi connectivity index (χ1) is 4.24. The minimum absolute atomic E-state index is 0. The van der Waals surface area contributed by atoms with Gasteiger partial charge in [-0.3, -0.25) is 0 Å². The van der Waals surface area contributed by atoms with Gasteiger partial charge in [-0.05, 0) is 0 Å². The van der Waals surface area contributed by atoms with E-state index in [1.807, 2.05) is 0 Å². The molecule has 0 aromatic rings. The summed E-state index contributed by atoms with van der Waals surface area (Å²) in [4.78, 5) is 0. The van der Waals surface area contributed by atoms with Gasteiger partial charge in [-0.1, -0.05) is 0 Å². The average Bonchev–Trinajstić information content (AvgIpc) is 1.70. The van der Waals surface area contributed by atoms with Crippen LogP contribution in [0.15, 0.2) is 0 Å². The third-order valence-electron chi connectivity index (χ3n) is 0. The maximum atomic E-state index is 8.46.